The van der Waals surface area contributed by atoms with Crippen molar-refractivity contribution in [2.24, 2.45) is 11.1 Å². The van der Waals surface area contributed by atoms with Crippen molar-refractivity contribution >= 4 is 21.4 Å². The Morgan fingerprint density at radius 2 is 2.15 bits per heavy atom. The third kappa shape index (κ3) is 3.23. The Morgan fingerprint density at radius 1 is 1.45 bits per heavy atom. The number of anilines is 2. The number of hydrogen-bond acceptors (Lipinski definition) is 5. The number of nitrogens with zero attached hydrogens (tertiary/aromatic N) is 2. The minimum Gasteiger partial charge on any atom is -0.396 e. The number of sulfonamides is 1. The Hall–Kier alpha value is -1.31. The minimum atomic E-state index is -3.79. The lowest BCUT2D eigenvalue weighted by molar-refractivity contribution is 0.396. The lowest BCUT2D eigenvalue weighted by Crippen LogP contribution is -2.28. The highest BCUT2D eigenvalue weighted by Gasteiger charge is 2.23. The van der Waals surface area contributed by atoms with Crippen LogP contribution in [0.3, 0.4) is 0 Å². The molecule has 0 aromatic heterocycles. The molecule has 1 aliphatic rings. The van der Waals surface area contributed by atoms with E-state index in [1.165, 1.54) is 6.07 Å². The van der Waals surface area contributed by atoms with Crippen LogP contribution in [0.1, 0.15) is 6.42 Å². The maximum atomic E-state index is 11.5. The van der Waals surface area contributed by atoms with Crippen LogP contribution >= 0.6 is 0 Å². The van der Waals surface area contributed by atoms with Crippen molar-refractivity contribution in [1.82, 2.24) is 4.90 Å². The molecule has 20 heavy (non-hydrogen) atoms. The molecular weight excluding hydrogens is 276 g/mol. The van der Waals surface area contributed by atoms with Crippen molar-refractivity contribution in [3.63, 3.8) is 0 Å². The van der Waals surface area contributed by atoms with Crippen molar-refractivity contribution < 1.29 is 8.42 Å². The maximum Gasteiger partial charge on any atom is 0.240 e. The highest BCUT2D eigenvalue weighted by atomic mass is 32.2. The predicted molar refractivity (Wildman–Crippen MR) is 81.1 cm³/mol. The maximum absolute atomic E-state index is 11.5. The van der Waals surface area contributed by atoms with E-state index in [0.717, 1.165) is 26.1 Å². The lowest BCUT2D eigenvalue weighted by atomic mass is 10.1. The fourth-order valence-electron chi connectivity index (χ4n) is 2.77. The number of likely N-dealkylation sites (tertiary alicyclic amines) is 1. The summed E-state index contributed by atoms with van der Waals surface area (Å²) < 4.78 is 23.0. The number of nitrogen functional groups attached to an aromatic ring is 1. The van der Waals surface area contributed by atoms with Crippen molar-refractivity contribution in [1.29, 1.82) is 0 Å². The molecule has 0 radical (unpaired) electrons. The second-order valence-corrected chi connectivity index (χ2v) is 7.06. The topological polar surface area (TPSA) is 92.7 Å². The molecule has 1 aromatic rings. The summed E-state index contributed by atoms with van der Waals surface area (Å²) in [5.74, 6) is 0.572. The molecule has 0 saturated carbocycles. The molecule has 112 valence electrons. The predicted octanol–water partition coefficient (Wildman–Crippen LogP) is 0.304. The van der Waals surface area contributed by atoms with Gasteiger partial charge >= 0.3 is 0 Å². The van der Waals surface area contributed by atoms with Gasteiger partial charge in [-0.3, -0.25) is 0 Å². The van der Waals surface area contributed by atoms with Crippen LogP contribution in [0.25, 0.3) is 0 Å². The van der Waals surface area contributed by atoms with Gasteiger partial charge in [0.2, 0.25) is 10.0 Å². The average Bonchev–Trinajstić information content (AvgIpc) is 2.73. The molecule has 1 aliphatic heterocycles. The second-order valence-electron chi connectivity index (χ2n) is 5.53. The summed E-state index contributed by atoms with van der Waals surface area (Å²) in [6, 6.07) is 4.93. The monoisotopic (exact) mass is 298 g/mol. The Kier molecular flexibility index (Phi) is 4.22. The van der Waals surface area contributed by atoms with E-state index in [0.29, 0.717) is 11.6 Å². The summed E-state index contributed by atoms with van der Waals surface area (Å²) in [5, 5.41) is 5.18. The Bertz CT molecular complexity index is 588. The van der Waals surface area contributed by atoms with Crippen LogP contribution in [-0.4, -0.2) is 47.0 Å². The fraction of sp³-hybridized carbons (Fsp3) is 0.538. The first kappa shape index (κ1) is 15.1. The molecule has 2 rings (SSSR count). The van der Waals surface area contributed by atoms with Gasteiger partial charge in [-0.2, -0.15) is 0 Å². The highest BCUT2D eigenvalue weighted by Crippen LogP contribution is 2.29. The van der Waals surface area contributed by atoms with E-state index in [9.17, 15) is 8.42 Å². The Balaban J connectivity index is 2.20. The Labute approximate surface area is 120 Å². The van der Waals surface area contributed by atoms with Gasteiger partial charge in [0.05, 0.1) is 11.4 Å². The van der Waals surface area contributed by atoms with E-state index in [2.05, 4.69) is 11.9 Å². The van der Waals surface area contributed by atoms with Gasteiger partial charge in [-0.05, 0) is 38.1 Å². The smallest absolute Gasteiger partial charge is 0.240 e. The van der Waals surface area contributed by atoms with E-state index in [1.807, 2.05) is 18.0 Å². The van der Waals surface area contributed by atoms with E-state index < -0.39 is 10.0 Å². The van der Waals surface area contributed by atoms with Gasteiger partial charge in [-0.25, -0.2) is 13.6 Å². The summed E-state index contributed by atoms with van der Waals surface area (Å²) in [4.78, 5) is 4.29. The van der Waals surface area contributed by atoms with E-state index >= 15 is 0 Å². The zero-order valence-corrected chi connectivity index (χ0v) is 12.7. The number of nitrogens with two attached hydrogens (primary N) is 2. The highest BCUT2D eigenvalue weighted by molar-refractivity contribution is 7.89. The van der Waals surface area contributed by atoms with Crippen LogP contribution in [-0.2, 0) is 10.0 Å². The summed E-state index contributed by atoms with van der Waals surface area (Å²) in [7, 11) is 0.249. The van der Waals surface area contributed by atoms with Crippen LogP contribution in [0.2, 0.25) is 0 Å². The molecule has 0 amide bonds. The summed E-state index contributed by atoms with van der Waals surface area (Å²) >= 11 is 0. The van der Waals surface area contributed by atoms with Gasteiger partial charge in [0.25, 0.3) is 0 Å². The molecule has 7 heteroatoms. The molecule has 1 unspecified atom stereocenters. The first-order chi connectivity index (χ1) is 9.29. The van der Waals surface area contributed by atoms with E-state index in [1.54, 1.807) is 6.07 Å². The van der Waals surface area contributed by atoms with Crippen molar-refractivity contribution in [2.45, 2.75) is 11.3 Å². The second kappa shape index (κ2) is 5.59. The van der Waals surface area contributed by atoms with E-state index in [-0.39, 0.29) is 10.6 Å². The molecule has 0 bridgehead atoms. The molecule has 4 N–H and O–H groups in total. The first-order valence-electron chi connectivity index (χ1n) is 6.60. The number of benzene rings is 1. The van der Waals surface area contributed by atoms with Gasteiger partial charge in [0.15, 0.2) is 0 Å². The minimum absolute atomic E-state index is 0.00890. The number of hydrogen-bond donors (Lipinski definition) is 2. The van der Waals surface area contributed by atoms with Gasteiger partial charge in [-0.1, -0.05) is 6.07 Å². The van der Waals surface area contributed by atoms with E-state index in [4.69, 9.17) is 10.9 Å². The molecule has 0 spiro atoms. The zero-order chi connectivity index (χ0) is 14.9. The molecule has 0 aliphatic carbocycles. The van der Waals surface area contributed by atoms with Crippen LogP contribution in [0.15, 0.2) is 23.1 Å². The molecule has 1 heterocycles. The largest absolute Gasteiger partial charge is 0.396 e. The van der Waals surface area contributed by atoms with Crippen molar-refractivity contribution in [3.8, 4) is 0 Å². The SMILES string of the molecule is CN1CCC(CN(C)c2cccc(S(N)(=O)=O)c2N)C1. The van der Waals surface area contributed by atoms with Gasteiger partial charge in [0, 0.05) is 20.1 Å². The molecule has 1 saturated heterocycles. The van der Waals surface area contributed by atoms with Crippen molar-refractivity contribution in [2.75, 3.05) is 44.4 Å². The van der Waals surface area contributed by atoms with Crippen LogP contribution in [0.5, 0.6) is 0 Å². The average molecular weight is 298 g/mol. The van der Waals surface area contributed by atoms with Crippen LogP contribution in [0.4, 0.5) is 11.4 Å². The third-order valence-corrected chi connectivity index (χ3v) is 4.75. The summed E-state index contributed by atoms with van der Waals surface area (Å²) in [6.45, 7) is 3.01. The zero-order valence-electron chi connectivity index (χ0n) is 11.9. The standard InChI is InChI=1S/C13H22N4O2S/c1-16-7-6-10(8-16)9-17(2)11-4-3-5-12(13(11)14)20(15,18)19/h3-5,10H,6-9,14H2,1-2H3,(H2,15,18,19). The molecular formula is C13H22N4O2S. The van der Waals surface area contributed by atoms with Gasteiger partial charge in [-0.15, -0.1) is 0 Å². The number of para-hydroxylation sites is 1. The lowest BCUT2D eigenvalue weighted by Gasteiger charge is -2.25. The quantitative estimate of drug-likeness (QED) is 0.780. The first-order valence-corrected chi connectivity index (χ1v) is 8.14. The number of primary sulfonamides is 1. The van der Waals surface area contributed by atoms with Crippen LogP contribution < -0.4 is 15.8 Å². The summed E-state index contributed by atoms with van der Waals surface area (Å²) in [5.41, 5.74) is 6.90. The van der Waals surface area contributed by atoms with Crippen LogP contribution in [0, 0.1) is 5.92 Å². The molecule has 1 aromatic carbocycles. The fourth-order valence-corrected chi connectivity index (χ4v) is 3.45. The van der Waals surface area contributed by atoms with Crippen molar-refractivity contribution in [3.05, 3.63) is 18.2 Å². The molecule has 1 atom stereocenters. The number of rotatable bonds is 4. The van der Waals surface area contributed by atoms with Gasteiger partial charge < -0.3 is 15.5 Å². The molecule has 6 nitrogen and oxygen atoms in total. The van der Waals surface area contributed by atoms with Gasteiger partial charge in [0.1, 0.15) is 4.90 Å². The Morgan fingerprint density at radius 3 is 2.70 bits per heavy atom. The third-order valence-electron chi connectivity index (χ3n) is 3.78. The normalized spacial score (nSPS) is 20.2. The summed E-state index contributed by atoms with van der Waals surface area (Å²) in [6.07, 6.45) is 1.15. The molecule has 1 fully saturated rings.